The van der Waals surface area contributed by atoms with E-state index in [1.165, 1.54) is 11.3 Å². The van der Waals surface area contributed by atoms with Crippen molar-refractivity contribution in [1.29, 1.82) is 0 Å². The van der Waals surface area contributed by atoms with E-state index in [1.807, 2.05) is 42.5 Å². The quantitative estimate of drug-likeness (QED) is 0.340. The number of aliphatic hydroxyl groups is 1. The Balaban J connectivity index is 1.70. The first-order chi connectivity index (χ1) is 17.9. The van der Waals surface area contributed by atoms with Gasteiger partial charge in [-0.1, -0.05) is 56.3 Å². The summed E-state index contributed by atoms with van der Waals surface area (Å²) in [7, 11) is 1.59. The SMILES string of the molecule is CCN(CC)CCCN1C(=O)C(O)=C(C(=O)c2sc(-c3ccccc3)nc2C)C1c1ccc(OC)cc1. The predicted octanol–water partition coefficient (Wildman–Crippen LogP) is 5.44. The van der Waals surface area contributed by atoms with Crippen molar-refractivity contribution in [3.05, 3.63) is 82.1 Å². The predicted molar refractivity (Wildman–Crippen MR) is 146 cm³/mol. The number of ether oxygens (including phenoxy) is 1. The van der Waals surface area contributed by atoms with Crippen molar-refractivity contribution in [3.8, 4) is 16.3 Å². The molecule has 0 radical (unpaired) electrons. The van der Waals surface area contributed by atoms with Crippen LogP contribution in [0.4, 0.5) is 0 Å². The monoisotopic (exact) mass is 519 g/mol. The van der Waals surface area contributed by atoms with Crippen LogP contribution in [0.5, 0.6) is 5.75 Å². The normalized spacial score (nSPS) is 15.6. The third kappa shape index (κ3) is 5.45. The zero-order valence-electron chi connectivity index (χ0n) is 21.7. The Morgan fingerprint density at radius 1 is 1.11 bits per heavy atom. The number of hydrogen-bond acceptors (Lipinski definition) is 7. The fourth-order valence-electron chi connectivity index (χ4n) is 4.69. The average Bonchev–Trinajstić information content (AvgIpc) is 3.44. The molecule has 1 N–H and O–H groups in total. The molecular weight excluding hydrogens is 486 g/mol. The number of rotatable bonds is 11. The van der Waals surface area contributed by atoms with Crippen molar-refractivity contribution in [2.45, 2.75) is 33.2 Å². The maximum atomic E-state index is 13.9. The summed E-state index contributed by atoms with van der Waals surface area (Å²) in [5.41, 5.74) is 2.34. The van der Waals surface area contributed by atoms with Gasteiger partial charge in [-0.2, -0.15) is 0 Å². The second-order valence-electron chi connectivity index (χ2n) is 8.95. The van der Waals surface area contributed by atoms with Gasteiger partial charge in [0.2, 0.25) is 5.78 Å². The number of aryl methyl sites for hydroxylation is 1. The number of nitrogens with zero attached hydrogens (tertiary/aromatic N) is 3. The van der Waals surface area contributed by atoms with Gasteiger partial charge in [0.05, 0.1) is 29.3 Å². The highest BCUT2D eigenvalue weighted by Gasteiger charge is 2.44. The van der Waals surface area contributed by atoms with Gasteiger partial charge >= 0.3 is 0 Å². The molecule has 0 saturated carbocycles. The maximum Gasteiger partial charge on any atom is 0.290 e. The van der Waals surface area contributed by atoms with Crippen LogP contribution >= 0.6 is 11.3 Å². The summed E-state index contributed by atoms with van der Waals surface area (Å²) >= 11 is 1.28. The van der Waals surface area contributed by atoms with Gasteiger partial charge in [0.15, 0.2) is 5.76 Å². The first-order valence-electron chi connectivity index (χ1n) is 12.6. The molecule has 0 fully saturated rings. The highest BCUT2D eigenvalue weighted by Crippen LogP contribution is 2.41. The molecule has 0 aliphatic carbocycles. The molecule has 1 aliphatic rings. The lowest BCUT2D eigenvalue weighted by Crippen LogP contribution is -2.34. The number of methoxy groups -OCH3 is 1. The summed E-state index contributed by atoms with van der Waals surface area (Å²) < 4.78 is 5.30. The fourth-order valence-corrected chi connectivity index (χ4v) is 5.71. The summed E-state index contributed by atoms with van der Waals surface area (Å²) in [6, 6.07) is 16.3. The first kappa shape index (κ1) is 26.6. The molecule has 0 spiro atoms. The Hall–Kier alpha value is -3.49. The van der Waals surface area contributed by atoms with E-state index in [1.54, 1.807) is 31.1 Å². The molecule has 2 heterocycles. The van der Waals surface area contributed by atoms with Crippen molar-refractivity contribution in [3.63, 3.8) is 0 Å². The van der Waals surface area contributed by atoms with Crippen molar-refractivity contribution < 1.29 is 19.4 Å². The van der Waals surface area contributed by atoms with Crippen LogP contribution in [0.1, 0.15) is 47.2 Å². The number of aliphatic hydroxyl groups excluding tert-OH is 1. The summed E-state index contributed by atoms with van der Waals surface area (Å²) in [6.45, 7) is 9.09. The largest absolute Gasteiger partial charge is 0.503 e. The van der Waals surface area contributed by atoms with Crippen molar-refractivity contribution in [1.82, 2.24) is 14.8 Å². The van der Waals surface area contributed by atoms with E-state index < -0.39 is 17.7 Å². The third-order valence-electron chi connectivity index (χ3n) is 6.77. The van der Waals surface area contributed by atoms with Crippen molar-refractivity contribution in [2.75, 3.05) is 33.3 Å². The summed E-state index contributed by atoms with van der Waals surface area (Å²) in [4.78, 5) is 36.2. The number of hydrogen-bond donors (Lipinski definition) is 1. The topological polar surface area (TPSA) is 83.0 Å². The molecule has 1 unspecified atom stereocenters. The molecule has 0 bridgehead atoms. The summed E-state index contributed by atoms with van der Waals surface area (Å²) in [5, 5.41) is 11.7. The first-order valence-corrected chi connectivity index (χ1v) is 13.4. The van der Waals surface area contributed by atoms with Gasteiger partial charge in [-0.05, 0) is 50.7 Å². The van der Waals surface area contributed by atoms with E-state index in [-0.39, 0.29) is 11.4 Å². The number of thiazole rings is 1. The van der Waals surface area contributed by atoms with Gasteiger partial charge in [0.25, 0.3) is 5.91 Å². The van der Waals surface area contributed by atoms with Crippen LogP contribution in [0, 0.1) is 6.92 Å². The number of carbonyl (C=O) groups is 2. The highest BCUT2D eigenvalue weighted by atomic mass is 32.1. The number of amides is 1. The lowest BCUT2D eigenvalue weighted by Gasteiger charge is -2.28. The van der Waals surface area contributed by atoms with Crippen molar-refractivity contribution >= 4 is 23.0 Å². The van der Waals surface area contributed by atoms with Crippen LogP contribution in [0.15, 0.2) is 65.9 Å². The van der Waals surface area contributed by atoms with Gasteiger partial charge in [-0.3, -0.25) is 9.59 Å². The van der Waals surface area contributed by atoms with E-state index in [2.05, 4.69) is 23.7 Å². The zero-order chi connectivity index (χ0) is 26.5. The van der Waals surface area contributed by atoms with Crippen LogP contribution in [-0.4, -0.2) is 64.9 Å². The Morgan fingerprint density at radius 3 is 2.41 bits per heavy atom. The average molecular weight is 520 g/mol. The molecule has 3 aromatic rings. The standard InChI is InChI=1S/C29H33N3O4S/c1-5-31(6-2)17-10-18-32-24(20-13-15-22(36-4)16-14-20)23(26(34)29(32)35)25(33)27-19(3)30-28(37-27)21-11-8-7-9-12-21/h7-9,11-16,24,34H,5-6,10,17-18H2,1-4H3. The minimum absolute atomic E-state index is 0.101. The molecule has 1 aliphatic heterocycles. The number of aromatic nitrogens is 1. The van der Waals surface area contributed by atoms with E-state index in [0.29, 0.717) is 22.9 Å². The highest BCUT2D eigenvalue weighted by molar-refractivity contribution is 7.17. The van der Waals surface area contributed by atoms with Gasteiger partial charge in [-0.15, -0.1) is 11.3 Å². The summed E-state index contributed by atoms with van der Waals surface area (Å²) in [5.74, 6) is -0.694. The van der Waals surface area contributed by atoms with Crippen LogP contribution < -0.4 is 4.74 Å². The number of benzene rings is 2. The lowest BCUT2D eigenvalue weighted by molar-refractivity contribution is -0.129. The van der Waals surface area contributed by atoms with Gasteiger partial charge in [0.1, 0.15) is 10.8 Å². The van der Waals surface area contributed by atoms with Crippen LogP contribution in [0.2, 0.25) is 0 Å². The summed E-state index contributed by atoms with van der Waals surface area (Å²) in [6.07, 6.45) is 0.729. The molecule has 194 valence electrons. The number of ketones is 1. The maximum absolute atomic E-state index is 13.9. The number of Topliss-reactive ketones (excluding diaryl/α,β-unsaturated/α-hetero) is 1. The third-order valence-corrected chi connectivity index (χ3v) is 7.98. The molecule has 1 aromatic heterocycles. The second kappa shape index (κ2) is 11.7. The molecule has 4 rings (SSSR count). The molecule has 37 heavy (non-hydrogen) atoms. The smallest absolute Gasteiger partial charge is 0.290 e. The lowest BCUT2D eigenvalue weighted by atomic mass is 9.95. The van der Waals surface area contributed by atoms with Crippen LogP contribution in [0.3, 0.4) is 0 Å². The molecule has 8 heteroatoms. The molecule has 1 amide bonds. The van der Waals surface area contributed by atoms with E-state index >= 15 is 0 Å². The van der Waals surface area contributed by atoms with Crippen LogP contribution in [0.25, 0.3) is 10.6 Å². The Bertz CT molecular complexity index is 1280. The van der Waals surface area contributed by atoms with Crippen LogP contribution in [-0.2, 0) is 4.79 Å². The molecule has 2 aromatic carbocycles. The Kier molecular flexibility index (Phi) is 8.41. The minimum atomic E-state index is -0.690. The Morgan fingerprint density at radius 2 is 1.78 bits per heavy atom. The van der Waals surface area contributed by atoms with E-state index in [0.717, 1.165) is 42.2 Å². The molecular formula is C29H33N3O4S. The fraction of sp³-hybridized carbons (Fsp3) is 0.345. The Labute approximate surface area is 222 Å². The molecule has 0 saturated heterocycles. The molecule has 1 atom stereocenters. The van der Waals surface area contributed by atoms with Gasteiger partial charge < -0.3 is 19.6 Å². The van der Waals surface area contributed by atoms with Gasteiger partial charge in [0, 0.05) is 12.1 Å². The number of carbonyl (C=O) groups excluding carboxylic acids is 2. The van der Waals surface area contributed by atoms with E-state index in [4.69, 9.17) is 4.74 Å². The van der Waals surface area contributed by atoms with Gasteiger partial charge in [-0.25, -0.2) is 4.98 Å². The minimum Gasteiger partial charge on any atom is -0.503 e. The molecule has 7 nitrogen and oxygen atoms in total. The zero-order valence-corrected chi connectivity index (χ0v) is 22.5. The van der Waals surface area contributed by atoms with Crippen molar-refractivity contribution in [2.24, 2.45) is 0 Å². The second-order valence-corrected chi connectivity index (χ2v) is 9.94. The van der Waals surface area contributed by atoms with E-state index in [9.17, 15) is 14.7 Å².